The zero-order chi connectivity index (χ0) is 19.6. The molecular formula is C19H19NO7. The van der Waals surface area contributed by atoms with Crippen LogP contribution in [-0.2, 0) is 20.9 Å². The van der Waals surface area contributed by atoms with Gasteiger partial charge in [0, 0.05) is 25.8 Å². The van der Waals surface area contributed by atoms with Gasteiger partial charge < -0.3 is 28.6 Å². The highest BCUT2D eigenvalue weighted by Crippen LogP contribution is 2.55. The van der Waals surface area contributed by atoms with Crippen molar-refractivity contribution in [3.63, 3.8) is 0 Å². The highest BCUT2D eigenvalue weighted by Gasteiger charge is 2.58. The van der Waals surface area contributed by atoms with Crippen LogP contribution in [0.1, 0.15) is 28.6 Å². The molecule has 8 heteroatoms. The molecule has 0 radical (unpaired) electrons. The van der Waals surface area contributed by atoms with E-state index >= 15 is 0 Å². The van der Waals surface area contributed by atoms with Crippen molar-refractivity contribution in [2.75, 3.05) is 28.4 Å². The molecule has 0 saturated carbocycles. The molecule has 2 aliphatic carbocycles. The van der Waals surface area contributed by atoms with Crippen molar-refractivity contribution in [3.8, 4) is 22.8 Å². The average molecular weight is 373 g/mol. The van der Waals surface area contributed by atoms with Gasteiger partial charge in [-0.05, 0) is 24.6 Å². The molecular weight excluding hydrogens is 354 g/mol. The third-order valence-electron chi connectivity index (χ3n) is 5.25. The minimum absolute atomic E-state index is 0.127. The van der Waals surface area contributed by atoms with Crippen LogP contribution in [0.3, 0.4) is 0 Å². The lowest BCUT2D eigenvalue weighted by molar-refractivity contribution is -0.203. The summed E-state index contributed by atoms with van der Waals surface area (Å²) in [5.74, 6) is -0.991. The molecule has 2 aliphatic rings. The number of rotatable bonds is 4. The number of methoxy groups -OCH3 is 4. The van der Waals surface area contributed by atoms with Crippen molar-refractivity contribution >= 4 is 5.78 Å². The SMILES string of the molecule is COc1cc(OC)c2c(c1)C(=O)[C@@]1(O)C=C(C)C(OC)(OC)c3onc-2c31. The maximum absolute atomic E-state index is 13.3. The van der Waals surface area contributed by atoms with Crippen LogP contribution >= 0.6 is 0 Å². The van der Waals surface area contributed by atoms with Crippen molar-refractivity contribution in [2.24, 2.45) is 0 Å². The molecule has 0 spiro atoms. The van der Waals surface area contributed by atoms with Crippen molar-refractivity contribution in [1.82, 2.24) is 5.16 Å². The first-order valence-corrected chi connectivity index (χ1v) is 8.22. The molecule has 0 saturated heterocycles. The number of hydrogen-bond donors (Lipinski definition) is 1. The molecule has 0 fully saturated rings. The Kier molecular flexibility index (Phi) is 3.71. The molecule has 1 aromatic heterocycles. The molecule has 1 heterocycles. The summed E-state index contributed by atoms with van der Waals surface area (Å²) in [5.41, 5.74) is -0.349. The zero-order valence-corrected chi connectivity index (χ0v) is 15.6. The summed E-state index contributed by atoms with van der Waals surface area (Å²) in [6.45, 7) is 1.69. The largest absolute Gasteiger partial charge is 0.497 e. The lowest BCUT2D eigenvalue weighted by Crippen LogP contribution is -2.46. The molecule has 0 aliphatic heterocycles. The summed E-state index contributed by atoms with van der Waals surface area (Å²) >= 11 is 0. The lowest BCUT2D eigenvalue weighted by atomic mass is 9.71. The van der Waals surface area contributed by atoms with Crippen molar-refractivity contribution in [1.29, 1.82) is 0 Å². The smallest absolute Gasteiger partial charge is 0.254 e. The quantitative estimate of drug-likeness (QED) is 0.643. The number of benzene rings is 1. The van der Waals surface area contributed by atoms with Crippen LogP contribution in [0.15, 0.2) is 28.3 Å². The van der Waals surface area contributed by atoms with Gasteiger partial charge in [0.15, 0.2) is 5.60 Å². The molecule has 1 atom stereocenters. The summed E-state index contributed by atoms with van der Waals surface area (Å²) in [4.78, 5) is 13.3. The van der Waals surface area contributed by atoms with Crippen LogP contribution in [0.5, 0.6) is 11.5 Å². The first-order chi connectivity index (χ1) is 12.9. The van der Waals surface area contributed by atoms with E-state index in [-0.39, 0.29) is 16.9 Å². The number of aromatic nitrogens is 1. The van der Waals surface area contributed by atoms with Crippen LogP contribution in [0.25, 0.3) is 11.3 Å². The van der Waals surface area contributed by atoms with Gasteiger partial charge in [-0.15, -0.1) is 0 Å². The highest BCUT2D eigenvalue weighted by atomic mass is 16.7. The van der Waals surface area contributed by atoms with Gasteiger partial charge in [-0.1, -0.05) is 5.16 Å². The van der Waals surface area contributed by atoms with Crippen molar-refractivity contribution in [3.05, 3.63) is 40.7 Å². The minimum atomic E-state index is -1.96. The second-order valence-electron chi connectivity index (χ2n) is 6.44. The lowest BCUT2D eigenvalue weighted by Gasteiger charge is -2.39. The number of ether oxygens (including phenoxy) is 4. The van der Waals surface area contributed by atoms with Gasteiger partial charge >= 0.3 is 0 Å². The van der Waals surface area contributed by atoms with E-state index in [1.807, 2.05) is 0 Å². The van der Waals surface area contributed by atoms with Crippen molar-refractivity contribution in [2.45, 2.75) is 18.3 Å². The number of carbonyl (C=O) groups is 1. The number of hydrogen-bond acceptors (Lipinski definition) is 8. The number of fused-ring (bicyclic) bond motifs is 2. The van der Waals surface area contributed by atoms with Gasteiger partial charge in [-0.25, -0.2) is 0 Å². The fraction of sp³-hybridized carbons (Fsp3) is 0.368. The Labute approximate surface area is 155 Å². The fourth-order valence-electron chi connectivity index (χ4n) is 3.97. The third-order valence-corrected chi connectivity index (χ3v) is 5.25. The van der Waals surface area contributed by atoms with Crippen LogP contribution in [0.2, 0.25) is 0 Å². The first-order valence-electron chi connectivity index (χ1n) is 8.22. The second-order valence-corrected chi connectivity index (χ2v) is 6.44. The second kappa shape index (κ2) is 5.66. The monoisotopic (exact) mass is 373 g/mol. The Bertz CT molecular complexity index is 986. The van der Waals surface area contributed by atoms with Gasteiger partial charge in [-0.3, -0.25) is 4.79 Å². The molecule has 8 nitrogen and oxygen atoms in total. The van der Waals surface area contributed by atoms with Gasteiger partial charge in [-0.2, -0.15) is 0 Å². The standard InChI is InChI=1S/C19H19NO7/c1-9-8-18(22)14-15(20-27-17(14)19(9,25-4)26-5)13-11(16(18)21)6-10(23-2)7-12(13)24-3/h6-8,22H,1-5H3/t18-/m1/s1. The van der Waals surface area contributed by atoms with E-state index in [0.717, 1.165) is 0 Å². The molecule has 4 rings (SSSR count). The Balaban J connectivity index is 2.12. The molecule has 1 aromatic carbocycles. The molecule has 1 N–H and O–H groups in total. The van der Waals surface area contributed by atoms with Crippen LogP contribution in [-0.4, -0.2) is 44.5 Å². The van der Waals surface area contributed by atoms with E-state index in [9.17, 15) is 9.90 Å². The first kappa shape index (κ1) is 17.7. The van der Waals surface area contributed by atoms with E-state index in [2.05, 4.69) is 5.16 Å². The minimum Gasteiger partial charge on any atom is -0.497 e. The number of Topliss-reactive ketones (excluding diaryl/α,β-unsaturated/α-hetero) is 1. The normalized spacial score (nSPS) is 22.0. The summed E-state index contributed by atoms with van der Waals surface area (Å²) in [6.07, 6.45) is 1.42. The maximum Gasteiger partial charge on any atom is 0.254 e. The zero-order valence-electron chi connectivity index (χ0n) is 15.6. The average Bonchev–Trinajstić information content (AvgIpc) is 3.13. The van der Waals surface area contributed by atoms with Gasteiger partial charge in [0.2, 0.25) is 11.5 Å². The molecule has 2 aromatic rings. The number of nitrogens with zero attached hydrogens (tertiary/aromatic N) is 1. The van der Waals surface area contributed by atoms with Gasteiger partial charge in [0.1, 0.15) is 17.2 Å². The molecule has 142 valence electrons. The number of carbonyl (C=O) groups excluding carboxylic acids is 1. The summed E-state index contributed by atoms with van der Waals surface area (Å²) in [5, 5.41) is 15.5. The summed E-state index contributed by atoms with van der Waals surface area (Å²) < 4.78 is 27.4. The van der Waals surface area contributed by atoms with Crippen LogP contribution in [0, 0.1) is 0 Å². The van der Waals surface area contributed by atoms with Crippen LogP contribution < -0.4 is 9.47 Å². The topological polar surface area (TPSA) is 100 Å². The Morgan fingerprint density at radius 1 is 1.11 bits per heavy atom. The highest BCUT2D eigenvalue weighted by molar-refractivity contribution is 6.14. The number of aliphatic hydroxyl groups is 1. The summed E-state index contributed by atoms with van der Waals surface area (Å²) in [7, 11) is 5.86. The van der Waals surface area contributed by atoms with Gasteiger partial charge in [0.05, 0.1) is 25.3 Å². The van der Waals surface area contributed by atoms with E-state index < -0.39 is 17.2 Å². The van der Waals surface area contributed by atoms with E-state index in [4.69, 9.17) is 23.5 Å². The molecule has 0 unspecified atom stereocenters. The van der Waals surface area contributed by atoms with E-state index in [1.165, 1.54) is 34.5 Å². The predicted molar refractivity (Wildman–Crippen MR) is 92.7 cm³/mol. The van der Waals surface area contributed by atoms with Crippen LogP contribution in [0.4, 0.5) is 0 Å². The number of ketones is 1. The molecule has 0 amide bonds. The maximum atomic E-state index is 13.3. The Morgan fingerprint density at radius 2 is 1.81 bits per heavy atom. The molecule has 27 heavy (non-hydrogen) atoms. The summed E-state index contributed by atoms with van der Waals surface area (Å²) in [6, 6.07) is 3.19. The Morgan fingerprint density at radius 3 is 2.41 bits per heavy atom. The van der Waals surface area contributed by atoms with E-state index in [1.54, 1.807) is 19.1 Å². The third kappa shape index (κ3) is 1.97. The Hall–Kier alpha value is -2.68. The van der Waals surface area contributed by atoms with E-state index in [0.29, 0.717) is 28.3 Å². The fourth-order valence-corrected chi connectivity index (χ4v) is 3.97. The predicted octanol–water partition coefficient (Wildman–Crippen LogP) is 2.15. The van der Waals surface area contributed by atoms with Crippen molar-refractivity contribution < 1.29 is 33.4 Å². The van der Waals surface area contributed by atoms with Gasteiger partial charge in [0.25, 0.3) is 5.79 Å². The molecule has 0 bridgehead atoms.